The molecule has 0 radical (unpaired) electrons. The van der Waals surface area contributed by atoms with Crippen molar-refractivity contribution in [2.24, 2.45) is 0 Å². The Morgan fingerprint density at radius 1 is 0.444 bits per heavy atom. The normalized spacial score (nSPS) is 14.6. The summed E-state index contributed by atoms with van der Waals surface area (Å²) >= 11 is 0. The number of quaternary nitrogens is 1. The van der Waals surface area contributed by atoms with Gasteiger partial charge in [-0.3, -0.25) is 14.2 Å². The average molecular weight is 1140 g/mol. The molecule has 0 spiro atoms. The van der Waals surface area contributed by atoms with Gasteiger partial charge in [0.2, 0.25) is 5.91 Å². The number of hydrogen-bond donors (Lipinski definition) is 1. The molecule has 3 atom stereocenters. The second kappa shape index (κ2) is 59.1. The van der Waals surface area contributed by atoms with Gasteiger partial charge >= 0.3 is 5.97 Å². The molecule has 0 heterocycles. The molecule has 0 aromatic rings. The van der Waals surface area contributed by atoms with Crippen molar-refractivity contribution in [2.75, 3.05) is 40.9 Å². The minimum Gasteiger partial charge on any atom is -0.756 e. The van der Waals surface area contributed by atoms with E-state index in [-0.39, 0.29) is 31.3 Å². The number of nitrogens with one attached hydrogen (secondary N) is 1. The topological polar surface area (TPSA) is 114 Å². The Balaban J connectivity index is 5.28. The number of esters is 1. The SMILES string of the molecule is CC/C=C\C/C=C\C/C=C\C/C=C\C/C=C\C/C=C\CCCCCCC(=O)OC(/C=C/CCCCCCCCCCC)C(COP(=O)([O-])OCC[N+](C)(C)C)NC(=O)CCCCCCC/C=C\C/C=C\C/C=C\C/C=C\C/C=C\CC. The Morgan fingerprint density at radius 2 is 0.790 bits per heavy atom. The number of nitrogens with zero attached hydrogens (tertiary/aromatic N) is 1. The van der Waals surface area contributed by atoms with E-state index in [9.17, 15) is 19.0 Å². The molecule has 3 unspecified atom stereocenters. The van der Waals surface area contributed by atoms with Crippen LogP contribution in [0.2, 0.25) is 0 Å². The third kappa shape index (κ3) is 60.3. The largest absolute Gasteiger partial charge is 0.756 e. The lowest BCUT2D eigenvalue weighted by Gasteiger charge is -2.30. The quantitative estimate of drug-likeness (QED) is 0.0212. The van der Waals surface area contributed by atoms with Crippen molar-refractivity contribution in [1.82, 2.24) is 5.32 Å². The summed E-state index contributed by atoms with van der Waals surface area (Å²) in [5.41, 5.74) is 0. The molecule has 0 fully saturated rings. The van der Waals surface area contributed by atoms with E-state index in [1.165, 1.54) is 44.9 Å². The summed E-state index contributed by atoms with van der Waals surface area (Å²) in [7, 11) is 1.13. The number of carbonyl (C=O) groups excluding carboxylic acids is 2. The van der Waals surface area contributed by atoms with Crippen LogP contribution in [0.3, 0.4) is 0 Å². The number of phosphoric acid groups is 1. The fourth-order valence-electron chi connectivity index (χ4n) is 8.37. The molecule has 0 rings (SSSR count). The summed E-state index contributed by atoms with van der Waals surface area (Å²) in [4.78, 5) is 40.0. The molecule has 0 bridgehead atoms. The number of likely N-dealkylation sites (N-methyl/N-ethyl adjacent to an activating group) is 1. The number of amides is 1. The van der Waals surface area contributed by atoms with E-state index >= 15 is 0 Å². The number of phosphoric ester groups is 1. The van der Waals surface area contributed by atoms with E-state index in [0.29, 0.717) is 23.9 Å². The van der Waals surface area contributed by atoms with Gasteiger partial charge in [0.15, 0.2) is 0 Å². The summed E-state index contributed by atoms with van der Waals surface area (Å²) in [6.07, 6.45) is 85.3. The Morgan fingerprint density at radius 3 is 1.19 bits per heavy atom. The van der Waals surface area contributed by atoms with E-state index in [0.717, 1.165) is 148 Å². The zero-order chi connectivity index (χ0) is 59.3. The van der Waals surface area contributed by atoms with E-state index < -0.39 is 26.6 Å². The molecule has 1 N–H and O–H groups in total. The van der Waals surface area contributed by atoms with E-state index in [1.807, 2.05) is 33.3 Å². The first kappa shape index (κ1) is 76.9. The van der Waals surface area contributed by atoms with E-state index in [4.69, 9.17) is 13.8 Å². The van der Waals surface area contributed by atoms with Crippen LogP contribution in [0.1, 0.15) is 239 Å². The van der Waals surface area contributed by atoms with E-state index in [2.05, 4.69) is 160 Å². The number of rotatable bonds is 56. The third-order valence-corrected chi connectivity index (χ3v) is 14.2. The van der Waals surface area contributed by atoms with Crippen molar-refractivity contribution in [3.63, 3.8) is 0 Å². The van der Waals surface area contributed by atoms with Crippen molar-refractivity contribution in [3.8, 4) is 0 Å². The first-order chi connectivity index (χ1) is 39.4. The number of ether oxygens (including phenoxy) is 1. The third-order valence-electron chi connectivity index (χ3n) is 13.3. The van der Waals surface area contributed by atoms with Crippen molar-refractivity contribution in [1.29, 1.82) is 0 Å². The molecule has 460 valence electrons. The molecule has 0 saturated heterocycles. The van der Waals surface area contributed by atoms with Gasteiger partial charge in [0.05, 0.1) is 33.8 Å². The Labute approximate surface area is 498 Å². The lowest BCUT2D eigenvalue weighted by atomic mass is 10.1. The minimum absolute atomic E-state index is 0.0396. The highest BCUT2D eigenvalue weighted by molar-refractivity contribution is 7.45. The fraction of sp³-hybridized carbons (Fsp3) is 0.634. The van der Waals surface area contributed by atoms with Crippen molar-refractivity contribution in [3.05, 3.63) is 146 Å². The van der Waals surface area contributed by atoms with Crippen LogP contribution in [0.15, 0.2) is 146 Å². The highest BCUT2D eigenvalue weighted by Gasteiger charge is 2.27. The van der Waals surface area contributed by atoms with Crippen LogP contribution >= 0.6 is 7.82 Å². The van der Waals surface area contributed by atoms with Crippen molar-refractivity contribution in [2.45, 2.75) is 251 Å². The molecule has 1 amide bonds. The van der Waals surface area contributed by atoms with Crippen molar-refractivity contribution >= 4 is 19.7 Å². The maximum absolute atomic E-state index is 13.5. The zero-order valence-electron chi connectivity index (χ0n) is 52.4. The first-order valence-electron chi connectivity index (χ1n) is 32.1. The van der Waals surface area contributed by atoms with Gasteiger partial charge in [-0.2, -0.15) is 0 Å². The predicted octanol–water partition coefficient (Wildman–Crippen LogP) is 19.6. The van der Waals surface area contributed by atoms with Gasteiger partial charge in [-0.25, -0.2) is 0 Å². The molecule has 0 aliphatic carbocycles. The number of unbranched alkanes of at least 4 members (excludes halogenated alkanes) is 18. The van der Waals surface area contributed by atoms with Crippen LogP contribution in [0.25, 0.3) is 0 Å². The molecular weight excluding hydrogens is 1020 g/mol. The van der Waals surface area contributed by atoms with Gasteiger partial charge in [-0.1, -0.05) is 244 Å². The highest BCUT2D eigenvalue weighted by Crippen LogP contribution is 2.38. The Kier molecular flexibility index (Phi) is 56.1. The predicted molar refractivity (Wildman–Crippen MR) is 348 cm³/mol. The molecule has 0 aromatic carbocycles. The smallest absolute Gasteiger partial charge is 0.306 e. The van der Waals surface area contributed by atoms with E-state index in [1.54, 1.807) is 0 Å². The van der Waals surface area contributed by atoms with Gasteiger partial charge < -0.3 is 28.5 Å². The molecular formula is C71H119N2O7P. The average Bonchev–Trinajstić information content (AvgIpc) is 3.44. The second-order valence-corrected chi connectivity index (χ2v) is 23.6. The number of allylic oxidation sites excluding steroid dienone is 23. The van der Waals surface area contributed by atoms with Gasteiger partial charge in [0.25, 0.3) is 7.82 Å². The summed E-state index contributed by atoms with van der Waals surface area (Å²) in [6.45, 7) is 6.55. The molecule has 0 aliphatic heterocycles. The zero-order valence-corrected chi connectivity index (χ0v) is 53.3. The molecule has 10 heteroatoms. The Hall–Kier alpha value is -4.11. The first-order valence-corrected chi connectivity index (χ1v) is 33.6. The van der Waals surface area contributed by atoms with Gasteiger partial charge in [-0.15, -0.1) is 0 Å². The van der Waals surface area contributed by atoms with Crippen LogP contribution in [-0.4, -0.2) is 69.4 Å². The van der Waals surface area contributed by atoms with Gasteiger partial charge in [-0.05, 0) is 128 Å². The second-order valence-electron chi connectivity index (χ2n) is 22.1. The monoisotopic (exact) mass is 1140 g/mol. The van der Waals surface area contributed by atoms with Crippen LogP contribution in [0.5, 0.6) is 0 Å². The lowest BCUT2D eigenvalue weighted by molar-refractivity contribution is -0.870. The van der Waals surface area contributed by atoms with Crippen LogP contribution < -0.4 is 10.2 Å². The van der Waals surface area contributed by atoms with Crippen LogP contribution in [0, 0.1) is 0 Å². The Bertz CT molecular complexity index is 1890. The fourth-order valence-corrected chi connectivity index (χ4v) is 9.10. The van der Waals surface area contributed by atoms with Gasteiger partial charge in [0, 0.05) is 12.8 Å². The minimum atomic E-state index is -4.72. The van der Waals surface area contributed by atoms with Crippen LogP contribution in [-0.2, 0) is 27.9 Å². The number of carbonyl (C=O) groups is 2. The molecule has 0 aromatic heterocycles. The summed E-state index contributed by atoms with van der Waals surface area (Å²) in [6, 6.07) is -0.921. The molecule has 0 saturated carbocycles. The number of hydrogen-bond acceptors (Lipinski definition) is 7. The summed E-state index contributed by atoms with van der Waals surface area (Å²) in [5.74, 6) is -0.604. The highest BCUT2D eigenvalue weighted by atomic mass is 31.2. The van der Waals surface area contributed by atoms with Gasteiger partial charge in [0.1, 0.15) is 19.3 Å². The maximum Gasteiger partial charge on any atom is 0.306 e. The standard InChI is InChI=1S/C71H119N2O7P/c1-7-10-13-16-19-22-25-27-29-31-33-35-36-38-40-42-44-46-49-52-55-58-61-64-71(75)80-69(62-59-56-53-50-47-24-21-18-15-12-9-3)68(67-79-81(76,77)78-66-65-73(4,5)6)72-70(74)63-60-57-54-51-48-45-43-41-39-37-34-32-30-28-26-23-20-17-14-11-8-2/h10-11,13-14,19-20,22-23,27-30,33-35,37-38,40-41,43-44,46,59,62,68-69H,7-9,12,15-18,21,24-26,31-32,36,39,42,45,47-58,60-61,63-67H2,1-6H3,(H-,72,74,76,77)/b13-10-,14-11-,22-19-,23-20-,29-27-,30-28-,35-33-,37-34-,40-38-,43-41-,46-44-,62-59+. The molecule has 9 nitrogen and oxygen atoms in total. The molecule has 81 heavy (non-hydrogen) atoms. The van der Waals surface area contributed by atoms with Crippen molar-refractivity contribution < 1.29 is 37.3 Å². The maximum atomic E-state index is 13.5. The van der Waals surface area contributed by atoms with Crippen LogP contribution in [0.4, 0.5) is 0 Å². The lowest BCUT2D eigenvalue weighted by Crippen LogP contribution is -2.47. The molecule has 0 aliphatic rings. The summed E-state index contributed by atoms with van der Waals surface area (Å²) < 4.78 is 30.3. The summed E-state index contributed by atoms with van der Waals surface area (Å²) in [5, 5.41) is 3.01.